The van der Waals surface area contributed by atoms with Crippen LogP contribution in [0.3, 0.4) is 0 Å². The second-order valence-electron chi connectivity index (χ2n) is 7.05. The van der Waals surface area contributed by atoms with E-state index >= 15 is 0 Å². The van der Waals surface area contributed by atoms with Crippen LogP contribution in [-0.4, -0.2) is 47.0 Å². The number of hydrogen-bond donors (Lipinski definition) is 1. The van der Waals surface area contributed by atoms with Gasteiger partial charge in [0.2, 0.25) is 11.9 Å². The Kier molecular flexibility index (Phi) is 5.40. The lowest BCUT2D eigenvalue weighted by molar-refractivity contribution is -0.129. The first-order chi connectivity index (χ1) is 12.4. The monoisotopic (exact) mass is 353 g/mol. The maximum Gasteiger partial charge on any atom is 0.229 e. The molecule has 138 valence electrons. The van der Waals surface area contributed by atoms with Crippen molar-refractivity contribution in [2.75, 3.05) is 36.4 Å². The summed E-state index contributed by atoms with van der Waals surface area (Å²) in [6.45, 7) is 11.0. The predicted octanol–water partition coefficient (Wildman–Crippen LogP) is 3.32. The Hall–Kier alpha value is -2.63. The highest BCUT2D eigenvalue weighted by atomic mass is 16.2. The van der Waals surface area contributed by atoms with Crippen LogP contribution in [0.1, 0.15) is 37.9 Å². The number of nitrogens with zero attached hydrogens (tertiary/aromatic N) is 4. The van der Waals surface area contributed by atoms with Crippen LogP contribution in [0.25, 0.3) is 0 Å². The molecule has 1 aliphatic rings. The van der Waals surface area contributed by atoms with E-state index < -0.39 is 0 Å². The van der Waals surface area contributed by atoms with Gasteiger partial charge in [-0.15, -0.1) is 0 Å². The Bertz CT molecular complexity index is 782. The quantitative estimate of drug-likeness (QED) is 0.914. The first-order valence-electron chi connectivity index (χ1n) is 9.16. The number of anilines is 3. The number of aromatic nitrogens is 2. The van der Waals surface area contributed by atoms with Crippen LogP contribution in [0.15, 0.2) is 30.3 Å². The van der Waals surface area contributed by atoms with Crippen molar-refractivity contribution in [1.82, 2.24) is 14.9 Å². The Morgan fingerprint density at radius 1 is 1.12 bits per heavy atom. The molecule has 1 aromatic heterocycles. The second kappa shape index (κ2) is 7.72. The average Bonchev–Trinajstić information content (AvgIpc) is 2.61. The Morgan fingerprint density at radius 2 is 1.81 bits per heavy atom. The zero-order valence-electron chi connectivity index (χ0n) is 16.0. The molecule has 3 rings (SSSR count). The van der Waals surface area contributed by atoms with Gasteiger partial charge in [0.15, 0.2) is 0 Å². The van der Waals surface area contributed by atoms with Crippen LogP contribution in [0.5, 0.6) is 0 Å². The Balaban J connectivity index is 1.80. The fraction of sp³-hybridized carbons (Fsp3) is 0.450. The molecule has 2 heterocycles. The van der Waals surface area contributed by atoms with Crippen molar-refractivity contribution in [2.24, 2.45) is 0 Å². The van der Waals surface area contributed by atoms with Crippen molar-refractivity contribution in [3.05, 3.63) is 41.6 Å². The molecule has 1 fully saturated rings. The van der Waals surface area contributed by atoms with Gasteiger partial charge in [0.25, 0.3) is 0 Å². The van der Waals surface area contributed by atoms with Gasteiger partial charge in [-0.3, -0.25) is 4.79 Å². The highest BCUT2D eigenvalue weighted by Gasteiger charge is 2.20. The number of para-hydroxylation sites is 1. The van der Waals surface area contributed by atoms with Crippen molar-refractivity contribution < 1.29 is 4.79 Å². The first kappa shape index (κ1) is 18.2. The lowest BCUT2D eigenvalue weighted by Crippen LogP contribution is -2.48. The third-order valence-corrected chi connectivity index (χ3v) is 4.72. The molecule has 1 amide bonds. The van der Waals surface area contributed by atoms with Crippen LogP contribution >= 0.6 is 0 Å². The maximum atomic E-state index is 11.5. The molecule has 0 unspecified atom stereocenters. The standard InChI is InChI=1S/C20H27N5O/c1-14(2)17-7-5-6-8-18(17)22-20-21-15(3)13-19(23-20)25-11-9-24(10-12-25)16(4)26/h5-8,13-14H,9-12H2,1-4H3,(H,21,22,23). The fourth-order valence-corrected chi connectivity index (χ4v) is 3.26. The van der Waals surface area contributed by atoms with E-state index in [1.165, 1.54) is 5.56 Å². The van der Waals surface area contributed by atoms with E-state index in [0.29, 0.717) is 11.9 Å². The largest absolute Gasteiger partial charge is 0.353 e. The molecule has 1 N–H and O–H groups in total. The number of nitrogens with one attached hydrogen (secondary N) is 1. The molecule has 0 spiro atoms. The van der Waals surface area contributed by atoms with E-state index in [2.05, 4.69) is 47.2 Å². The molecule has 0 saturated carbocycles. The van der Waals surface area contributed by atoms with Gasteiger partial charge in [0.1, 0.15) is 5.82 Å². The lowest BCUT2D eigenvalue weighted by Gasteiger charge is -2.35. The smallest absolute Gasteiger partial charge is 0.229 e. The number of carbonyl (C=O) groups is 1. The normalized spacial score (nSPS) is 14.7. The van der Waals surface area contributed by atoms with Crippen LogP contribution in [0.4, 0.5) is 17.5 Å². The second-order valence-corrected chi connectivity index (χ2v) is 7.05. The molecule has 2 aromatic rings. The minimum absolute atomic E-state index is 0.135. The molecular formula is C20H27N5O. The van der Waals surface area contributed by atoms with Gasteiger partial charge >= 0.3 is 0 Å². The van der Waals surface area contributed by atoms with Crippen LogP contribution < -0.4 is 10.2 Å². The van der Waals surface area contributed by atoms with Crippen molar-refractivity contribution in [1.29, 1.82) is 0 Å². The third-order valence-electron chi connectivity index (χ3n) is 4.72. The number of benzene rings is 1. The van der Waals surface area contributed by atoms with E-state index in [0.717, 1.165) is 43.4 Å². The highest BCUT2D eigenvalue weighted by molar-refractivity contribution is 5.73. The van der Waals surface area contributed by atoms with Crippen molar-refractivity contribution >= 4 is 23.4 Å². The summed E-state index contributed by atoms with van der Waals surface area (Å²) in [6.07, 6.45) is 0. The average molecular weight is 353 g/mol. The van der Waals surface area contributed by atoms with E-state index in [1.54, 1.807) is 6.92 Å². The SMILES string of the molecule is CC(=O)N1CCN(c2cc(C)nc(Nc3ccccc3C(C)C)n2)CC1. The molecule has 1 aromatic carbocycles. The van der Waals surface area contributed by atoms with Crippen molar-refractivity contribution in [3.8, 4) is 0 Å². The Labute approximate surface area is 155 Å². The summed E-state index contributed by atoms with van der Waals surface area (Å²) in [6, 6.07) is 10.3. The predicted molar refractivity (Wildman–Crippen MR) is 105 cm³/mol. The van der Waals surface area contributed by atoms with E-state index in [9.17, 15) is 4.79 Å². The molecule has 0 radical (unpaired) electrons. The summed E-state index contributed by atoms with van der Waals surface area (Å²) in [7, 11) is 0. The Morgan fingerprint density at radius 3 is 2.46 bits per heavy atom. The molecule has 6 nitrogen and oxygen atoms in total. The van der Waals surface area contributed by atoms with Gasteiger partial charge in [0.05, 0.1) is 0 Å². The van der Waals surface area contributed by atoms with Crippen molar-refractivity contribution in [3.63, 3.8) is 0 Å². The summed E-state index contributed by atoms with van der Waals surface area (Å²) in [4.78, 5) is 24.9. The van der Waals surface area contributed by atoms with Gasteiger partial charge < -0.3 is 15.1 Å². The molecule has 0 atom stereocenters. The van der Waals surface area contributed by atoms with Gasteiger partial charge in [-0.2, -0.15) is 4.98 Å². The number of hydrogen-bond acceptors (Lipinski definition) is 5. The molecule has 26 heavy (non-hydrogen) atoms. The first-order valence-corrected chi connectivity index (χ1v) is 9.16. The highest BCUT2D eigenvalue weighted by Crippen LogP contribution is 2.26. The van der Waals surface area contributed by atoms with Gasteiger partial charge in [-0.05, 0) is 24.5 Å². The molecule has 0 bridgehead atoms. The van der Waals surface area contributed by atoms with Crippen LogP contribution in [-0.2, 0) is 4.79 Å². The third kappa shape index (κ3) is 4.12. The molecule has 6 heteroatoms. The summed E-state index contributed by atoms with van der Waals surface area (Å²) in [5, 5.41) is 3.39. The zero-order chi connectivity index (χ0) is 18.7. The topological polar surface area (TPSA) is 61.4 Å². The number of amides is 1. The summed E-state index contributed by atoms with van der Waals surface area (Å²) in [5.74, 6) is 2.08. The number of piperazine rings is 1. The number of aryl methyl sites for hydroxylation is 1. The number of rotatable bonds is 4. The maximum absolute atomic E-state index is 11.5. The van der Waals surface area contributed by atoms with Gasteiger partial charge in [-0.1, -0.05) is 32.0 Å². The molecule has 1 saturated heterocycles. The molecule has 0 aliphatic carbocycles. The fourth-order valence-electron chi connectivity index (χ4n) is 3.26. The summed E-state index contributed by atoms with van der Waals surface area (Å²) < 4.78 is 0. The van der Waals surface area contributed by atoms with Crippen LogP contribution in [0, 0.1) is 6.92 Å². The van der Waals surface area contributed by atoms with Crippen LogP contribution in [0.2, 0.25) is 0 Å². The van der Waals surface area contributed by atoms with Gasteiger partial charge in [0, 0.05) is 50.6 Å². The van der Waals surface area contributed by atoms with E-state index in [4.69, 9.17) is 4.98 Å². The number of carbonyl (C=O) groups excluding carboxylic acids is 1. The minimum atomic E-state index is 0.135. The summed E-state index contributed by atoms with van der Waals surface area (Å²) >= 11 is 0. The van der Waals surface area contributed by atoms with E-state index in [-0.39, 0.29) is 5.91 Å². The molecule has 1 aliphatic heterocycles. The van der Waals surface area contributed by atoms with Gasteiger partial charge in [-0.25, -0.2) is 4.98 Å². The minimum Gasteiger partial charge on any atom is -0.353 e. The van der Waals surface area contributed by atoms with E-state index in [1.807, 2.05) is 24.0 Å². The van der Waals surface area contributed by atoms with Crippen molar-refractivity contribution in [2.45, 2.75) is 33.6 Å². The lowest BCUT2D eigenvalue weighted by atomic mass is 10.0. The molecular weight excluding hydrogens is 326 g/mol. The zero-order valence-corrected chi connectivity index (χ0v) is 16.0. The summed E-state index contributed by atoms with van der Waals surface area (Å²) in [5.41, 5.74) is 3.21.